The molecule has 0 spiro atoms. The van der Waals surface area contributed by atoms with Crippen molar-refractivity contribution in [1.29, 1.82) is 0 Å². The summed E-state index contributed by atoms with van der Waals surface area (Å²) in [4.78, 5) is 9.00. The van der Waals surface area contributed by atoms with Crippen LogP contribution in [0.1, 0.15) is 12.5 Å². The first kappa shape index (κ1) is 15.2. The number of aliphatic carboxylic acids is 1. The number of carboxylic acid groups (broad SMARTS) is 1. The Bertz CT molecular complexity index is 366. The van der Waals surface area contributed by atoms with Gasteiger partial charge in [-0.1, -0.05) is 30.3 Å². The fourth-order valence-corrected chi connectivity index (χ4v) is 1.01. The third-order valence-electron chi connectivity index (χ3n) is 1.58. The van der Waals surface area contributed by atoms with Crippen molar-refractivity contribution in [3.8, 4) is 0 Å². The van der Waals surface area contributed by atoms with E-state index in [0.717, 1.165) is 12.5 Å². The maximum Gasteiger partial charge on any atom is 0.300 e. The zero-order valence-electron chi connectivity index (χ0n) is 9.38. The van der Waals surface area contributed by atoms with E-state index in [1.54, 1.807) is 0 Å². The number of guanidine groups is 1. The Morgan fingerprint density at radius 2 is 1.94 bits per heavy atom. The first-order chi connectivity index (χ1) is 7.97. The molecule has 0 aliphatic rings. The zero-order valence-corrected chi connectivity index (χ0v) is 10.1. The van der Waals surface area contributed by atoms with Crippen molar-refractivity contribution in [3.63, 3.8) is 0 Å². The zero-order chi connectivity index (χ0) is 13.3. The van der Waals surface area contributed by atoms with Crippen LogP contribution in [0.4, 0.5) is 0 Å². The van der Waals surface area contributed by atoms with Crippen LogP contribution < -0.4 is 11.6 Å². The van der Waals surface area contributed by atoms with Gasteiger partial charge in [0.2, 0.25) is 5.96 Å². The van der Waals surface area contributed by atoms with Crippen molar-refractivity contribution in [2.24, 2.45) is 16.1 Å². The largest absolute Gasteiger partial charge is 0.481 e. The lowest BCUT2D eigenvalue weighted by Gasteiger charge is -2.15. The van der Waals surface area contributed by atoms with Crippen molar-refractivity contribution >= 4 is 23.7 Å². The molecule has 1 rings (SSSR count). The van der Waals surface area contributed by atoms with E-state index >= 15 is 0 Å². The van der Waals surface area contributed by atoms with Crippen LogP contribution in [0.5, 0.6) is 0 Å². The highest BCUT2D eigenvalue weighted by molar-refractivity contribution is 6.19. The van der Waals surface area contributed by atoms with Crippen molar-refractivity contribution in [1.82, 2.24) is 5.01 Å². The third-order valence-corrected chi connectivity index (χ3v) is 1.75. The van der Waals surface area contributed by atoms with Gasteiger partial charge in [-0.3, -0.25) is 9.80 Å². The number of benzene rings is 1. The number of hydrogen-bond acceptors (Lipinski definition) is 3. The van der Waals surface area contributed by atoms with E-state index in [-0.39, 0.29) is 5.96 Å². The molecule has 0 heterocycles. The lowest BCUT2D eigenvalue weighted by atomic mass is 10.2. The van der Waals surface area contributed by atoms with Crippen molar-refractivity contribution < 1.29 is 9.90 Å². The number of nitrogens with zero attached hydrogens (tertiary/aromatic N) is 2. The summed E-state index contributed by atoms with van der Waals surface area (Å²) in [7, 11) is 0. The molecule has 17 heavy (non-hydrogen) atoms. The van der Waals surface area contributed by atoms with Crippen molar-refractivity contribution in [2.75, 3.05) is 0 Å². The summed E-state index contributed by atoms with van der Waals surface area (Å²) in [6.07, 6.45) is 0. The molecule has 0 saturated carbocycles. The Morgan fingerprint density at radius 3 is 2.35 bits per heavy atom. The van der Waals surface area contributed by atoms with E-state index in [9.17, 15) is 0 Å². The summed E-state index contributed by atoms with van der Waals surface area (Å²) in [5.74, 6) is 4.82. The highest BCUT2D eigenvalue weighted by Crippen LogP contribution is 2.00. The predicted molar refractivity (Wildman–Crippen MR) is 67.0 cm³/mol. The Labute approximate surface area is 105 Å². The van der Waals surface area contributed by atoms with Gasteiger partial charge in [-0.25, -0.2) is 5.84 Å². The molecule has 1 aromatic rings. The van der Waals surface area contributed by atoms with E-state index in [1.807, 2.05) is 30.3 Å². The third kappa shape index (κ3) is 8.06. The van der Waals surface area contributed by atoms with Crippen LogP contribution in [0.3, 0.4) is 0 Å². The maximum absolute atomic E-state index is 9.00. The molecule has 6 nitrogen and oxygen atoms in total. The molecule has 0 aliphatic heterocycles. The van der Waals surface area contributed by atoms with Gasteiger partial charge in [0.25, 0.3) is 5.97 Å². The first-order valence-corrected chi connectivity index (χ1v) is 5.01. The van der Waals surface area contributed by atoms with E-state index in [1.165, 1.54) is 5.01 Å². The van der Waals surface area contributed by atoms with Gasteiger partial charge in [-0.15, -0.1) is 4.51 Å². The summed E-state index contributed by atoms with van der Waals surface area (Å²) in [6.45, 7) is 1.57. The van der Waals surface area contributed by atoms with Crippen LogP contribution in [0.15, 0.2) is 34.8 Å². The molecule has 0 amide bonds. The number of carboxylic acids is 1. The van der Waals surface area contributed by atoms with Crippen molar-refractivity contribution in [2.45, 2.75) is 13.5 Å². The Kier molecular flexibility index (Phi) is 7.49. The second-order valence-electron chi connectivity index (χ2n) is 3.08. The molecular formula is C10H15ClN4O2. The lowest BCUT2D eigenvalue weighted by Crippen LogP contribution is -2.41. The van der Waals surface area contributed by atoms with E-state index < -0.39 is 5.97 Å². The molecular weight excluding hydrogens is 244 g/mol. The molecule has 94 valence electrons. The normalized spacial score (nSPS) is 10.2. The molecule has 0 atom stereocenters. The smallest absolute Gasteiger partial charge is 0.300 e. The molecule has 0 bridgehead atoms. The van der Waals surface area contributed by atoms with E-state index in [2.05, 4.69) is 4.51 Å². The standard InChI is InChI=1S/C8H11ClN4.C2H4O2/c9-12-8(10)13(11)6-7-4-2-1-3-5-7;1-2(3)4/h1-5H,6,11H2,(H2,10,12);1H3,(H,3,4). The molecule has 0 radical (unpaired) electrons. The van der Waals surface area contributed by atoms with Gasteiger partial charge < -0.3 is 10.8 Å². The summed E-state index contributed by atoms with van der Waals surface area (Å²) in [6, 6.07) is 9.68. The molecule has 0 saturated heterocycles. The number of nitrogens with two attached hydrogens (primary N) is 2. The van der Waals surface area contributed by atoms with Crippen molar-refractivity contribution in [3.05, 3.63) is 35.9 Å². The number of hydrazine groups is 1. The molecule has 5 N–H and O–H groups in total. The maximum atomic E-state index is 9.00. The monoisotopic (exact) mass is 258 g/mol. The average Bonchev–Trinajstić information content (AvgIpc) is 2.28. The van der Waals surface area contributed by atoms with Gasteiger partial charge in [-0.2, -0.15) is 0 Å². The Morgan fingerprint density at radius 1 is 1.47 bits per heavy atom. The van der Waals surface area contributed by atoms with Crippen LogP contribution in [0.25, 0.3) is 0 Å². The molecule has 0 aliphatic carbocycles. The average molecular weight is 259 g/mol. The summed E-state index contributed by atoms with van der Waals surface area (Å²) >= 11 is 5.15. The first-order valence-electron chi connectivity index (χ1n) is 4.67. The Hall–Kier alpha value is -1.79. The SMILES string of the molecule is CC(=O)O.NC(=NCl)N(N)Cc1ccccc1. The fraction of sp³-hybridized carbons (Fsp3) is 0.200. The van der Waals surface area contributed by atoms with E-state index in [0.29, 0.717) is 6.54 Å². The van der Waals surface area contributed by atoms with Crippen LogP contribution in [0, 0.1) is 0 Å². The number of rotatable bonds is 2. The number of carbonyl (C=O) groups is 1. The second-order valence-corrected chi connectivity index (χ2v) is 3.24. The summed E-state index contributed by atoms with van der Waals surface area (Å²) in [5, 5.41) is 8.70. The molecule has 7 heteroatoms. The van der Waals surface area contributed by atoms with Gasteiger partial charge in [0.1, 0.15) is 0 Å². The second kappa shape index (κ2) is 8.37. The number of halogens is 1. The lowest BCUT2D eigenvalue weighted by molar-refractivity contribution is -0.134. The quantitative estimate of drug-likeness (QED) is 0.317. The van der Waals surface area contributed by atoms with Crippen LogP contribution >= 0.6 is 11.8 Å². The number of hydrogen-bond donors (Lipinski definition) is 3. The molecule has 0 aromatic heterocycles. The summed E-state index contributed by atoms with van der Waals surface area (Å²) < 4.78 is 3.25. The highest BCUT2D eigenvalue weighted by Gasteiger charge is 2.02. The molecule has 1 aromatic carbocycles. The van der Waals surface area contributed by atoms with Gasteiger partial charge in [-0.05, 0) is 5.56 Å². The van der Waals surface area contributed by atoms with E-state index in [4.69, 9.17) is 33.3 Å². The summed E-state index contributed by atoms with van der Waals surface area (Å²) in [5.41, 5.74) is 6.43. The minimum absolute atomic E-state index is 0.102. The fourth-order valence-electron chi connectivity index (χ4n) is 0.910. The minimum atomic E-state index is -0.833. The van der Waals surface area contributed by atoms with Gasteiger partial charge in [0.15, 0.2) is 0 Å². The molecule has 0 unspecified atom stereocenters. The van der Waals surface area contributed by atoms with Gasteiger partial charge in [0, 0.05) is 18.7 Å². The topological polar surface area (TPSA) is 105 Å². The molecule has 0 fully saturated rings. The van der Waals surface area contributed by atoms with Crippen LogP contribution in [0.2, 0.25) is 0 Å². The minimum Gasteiger partial charge on any atom is -0.481 e. The van der Waals surface area contributed by atoms with Gasteiger partial charge >= 0.3 is 0 Å². The highest BCUT2D eigenvalue weighted by atomic mass is 35.5. The predicted octanol–water partition coefficient (Wildman–Crippen LogP) is 0.922. The Balaban J connectivity index is 0.000000557. The van der Waals surface area contributed by atoms with Crippen LogP contribution in [-0.2, 0) is 11.3 Å². The van der Waals surface area contributed by atoms with Crippen LogP contribution in [-0.4, -0.2) is 22.0 Å². The van der Waals surface area contributed by atoms with Gasteiger partial charge in [0.05, 0.1) is 6.54 Å².